The average molecular weight is 727 g/mol. The van der Waals surface area contributed by atoms with Crippen molar-refractivity contribution in [2.45, 2.75) is 92.6 Å². The molecule has 2 aliphatic heterocycles. The fraction of sp³-hybridized carbons (Fsp3) is 0.444. The maximum atomic E-state index is 15.3. The Morgan fingerprint density at radius 1 is 1.04 bits per heavy atom. The summed E-state index contributed by atoms with van der Waals surface area (Å²) in [6, 6.07) is 17.8. The molecule has 1 aromatic heterocycles. The second kappa shape index (κ2) is 13.9. The topological polar surface area (TPSA) is 149 Å². The Kier molecular flexibility index (Phi) is 9.90. The van der Waals surface area contributed by atoms with Crippen LogP contribution in [0.2, 0.25) is 0 Å². The summed E-state index contributed by atoms with van der Waals surface area (Å²) >= 11 is 0. The van der Waals surface area contributed by atoms with Gasteiger partial charge in [-0.05, 0) is 75.6 Å². The minimum Gasteiger partial charge on any atom is -0.444 e. The number of rotatable bonds is 10. The van der Waals surface area contributed by atoms with Gasteiger partial charge in [0.2, 0.25) is 11.8 Å². The van der Waals surface area contributed by atoms with Gasteiger partial charge in [0.25, 0.3) is 0 Å². The van der Waals surface area contributed by atoms with Gasteiger partial charge in [0.05, 0.1) is 35.2 Å². The first-order valence-electron chi connectivity index (χ1n) is 16.7. The molecule has 51 heavy (non-hydrogen) atoms. The van der Waals surface area contributed by atoms with E-state index in [4.69, 9.17) is 14.9 Å². The third-order valence-electron chi connectivity index (χ3n) is 9.39. The predicted octanol–water partition coefficient (Wildman–Crippen LogP) is 6.79. The lowest BCUT2D eigenvalue weighted by Crippen LogP contribution is -2.56. The highest BCUT2D eigenvalue weighted by Gasteiger charge is 2.61. The normalized spacial score (nSPS) is 24.2. The van der Waals surface area contributed by atoms with E-state index in [0.29, 0.717) is 16.1 Å². The molecule has 3 aliphatic rings. The van der Waals surface area contributed by atoms with Gasteiger partial charge in [0, 0.05) is 31.2 Å². The summed E-state index contributed by atoms with van der Waals surface area (Å²) in [6.45, 7) is 5.06. The minimum absolute atomic E-state index is 0.0468. The first-order valence-corrected chi connectivity index (χ1v) is 17.9. The zero-order chi connectivity index (χ0) is 36.6. The number of aromatic nitrogens is 1. The molecule has 11 nitrogen and oxygen atoms in total. The maximum absolute atomic E-state index is 15.3. The number of epoxide rings is 1. The molecule has 2 aromatic carbocycles. The zero-order valence-corrected chi connectivity index (χ0v) is 29.3. The summed E-state index contributed by atoms with van der Waals surface area (Å²) in [5.74, 6) is -3.13. The lowest BCUT2D eigenvalue weighted by atomic mass is 9.67. The molecule has 2 saturated heterocycles. The maximum Gasteiger partial charge on any atom is 0.412 e. The highest BCUT2D eigenvalue weighted by atomic mass is 32.2. The van der Waals surface area contributed by atoms with Crippen LogP contribution in [0.4, 0.5) is 35.2 Å². The van der Waals surface area contributed by atoms with Crippen molar-refractivity contribution in [3.8, 4) is 0 Å². The van der Waals surface area contributed by atoms with Crippen molar-refractivity contribution in [3.05, 3.63) is 78.0 Å². The molecule has 2 amide bonds. The van der Waals surface area contributed by atoms with Crippen LogP contribution >= 0.6 is 0 Å². The molecule has 3 fully saturated rings. The number of halogens is 3. The molecule has 1 saturated carbocycles. The van der Waals surface area contributed by atoms with E-state index in [-0.39, 0.29) is 49.6 Å². The number of carbonyl (C=O) groups excluding carboxylic acids is 2. The van der Waals surface area contributed by atoms with Gasteiger partial charge in [-0.2, -0.15) is 0 Å². The lowest BCUT2D eigenvalue weighted by Gasteiger charge is -2.43. The third-order valence-corrected chi connectivity index (χ3v) is 10.5. The smallest absolute Gasteiger partial charge is 0.412 e. The van der Waals surface area contributed by atoms with Crippen molar-refractivity contribution in [1.29, 1.82) is 5.41 Å². The third kappa shape index (κ3) is 8.04. The Balaban J connectivity index is 1.23. The molecule has 0 spiro atoms. The molecule has 4 atom stereocenters. The van der Waals surface area contributed by atoms with Crippen LogP contribution in [0.5, 0.6) is 0 Å². The Labute approximate surface area is 296 Å². The molecule has 0 bridgehead atoms. The summed E-state index contributed by atoms with van der Waals surface area (Å²) in [7, 11) is -1.54. The molecule has 0 radical (unpaired) electrons. The fourth-order valence-corrected chi connectivity index (χ4v) is 7.65. The number of alkyl halides is 3. The zero-order valence-electron chi connectivity index (χ0n) is 28.5. The summed E-state index contributed by atoms with van der Waals surface area (Å²) in [6.07, 6.45) is -2.47. The number of hydrogen-bond acceptors (Lipinski definition) is 8. The van der Waals surface area contributed by atoms with E-state index >= 15 is 4.39 Å². The molecule has 3 heterocycles. The molecule has 272 valence electrons. The van der Waals surface area contributed by atoms with Crippen molar-refractivity contribution >= 4 is 46.4 Å². The van der Waals surface area contributed by atoms with Gasteiger partial charge in [-0.25, -0.2) is 27.2 Å². The molecule has 1 aliphatic carbocycles. The van der Waals surface area contributed by atoms with Crippen LogP contribution in [0.15, 0.2) is 71.6 Å². The van der Waals surface area contributed by atoms with E-state index in [2.05, 4.69) is 20.3 Å². The van der Waals surface area contributed by atoms with Gasteiger partial charge in [-0.1, -0.05) is 30.3 Å². The van der Waals surface area contributed by atoms with Gasteiger partial charge in [0.1, 0.15) is 34.3 Å². The Morgan fingerprint density at radius 2 is 1.71 bits per heavy atom. The largest absolute Gasteiger partial charge is 0.444 e. The number of amides is 2. The van der Waals surface area contributed by atoms with Crippen LogP contribution < -0.4 is 15.4 Å². The summed E-state index contributed by atoms with van der Waals surface area (Å²) in [5.41, 5.74) is -1.90. The molecule has 15 heteroatoms. The Bertz CT molecular complexity index is 1790. The molecule has 3 aromatic rings. The van der Waals surface area contributed by atoms with E-state index in [1.807, 2.05) is 6.07 Å². The number of carbonyl (C=O) groups is 2. The van der Waals surface area contributed by atoms with Crippen LogP contribution in [0.25, 0.3) is 0 Å². The number of pyridine rings is 1. The second-order valence-electron chi connectivity index (χ2n) is 14.2. The Hall–Kier alpha value is -4.50. The number of hydrogen-bond donors (Lipinski definition) is 4. The number of nitrogens with zero attached hydrogens (tertiary/aromatic N) is 2. The summed E-state index contributed by atoms with van der Waals surface area (Å²) in [5, 5.41) is 13.6. The van der Waals surface area contributed by atoms with Crippen molar-refractivity contribution in [2.24, 2.45) is 0 Å². The van der Waals surface area contributed by atoms with Gasteiger partial charge in [0.15, 0.2) is 5.72 Å². The lowest BCUT2D eigenvalue weighted by molar-refractivity contribution is -0.145. The Morgan fingerprint density at radius 3 is 2.31 bits per heavy atom. The molecular weight excluding hydrogens is 685 g/mol. The predicted molar refractivity (Wildman–Crippen MR) is 187 cm³/mol. The van der Waals surface area contributed by atoms with E-state index in [0.717, 1.165) is 6.21 Å². The summed E-state index contributed by atoms with van der Waals surface area (Å²) < 4.78 is 71.4. The standard InChI is InChI=1S/C36H41F3N6O5S/c1-33(2,3)50-32(47)42-27-13-14-30(41-28(27)20-40)43-36(22-49-36)29-19-24(37)21-45(29)31(46)34(15-17-35(38,39)18-16-34)23-9-11-25(12-10-23)44-51(48)26-7-5-4-6-8-26/h4-14,20,24,29,40,44H,15-19,21-22H2,1-3H3,(H,41,43)(H,42,47)/t24-,29-,36?,51?/m1/s1. The molecule has 6 rings (SSSR count). The second-order valence-corrected chi connectivity index (χ2v) is 15.4. The quantitative estimate of drug-likeness (QED) is 0.133. The van der Waals surface area contributed by atoms with Crippen molar-refractivity contribution < 1.29 is 36.4 Å². The first-order chi connectivity index (χ1) is 24.1. The van der Waals surface area contributed by atoms with Crippen molar-refractivity contribution in [3.63, 3.8) is 0 Å². The van der Waals surface area contributed by atoms with E-state index in [1.54, 1.807) is 75.4 Å². The van der Waals surface area contributed by atoms with Gasteiger partial charge in [-0.3, -0.25) is 10.1 Å². The molecular formula is C36H41F3N6O5S. The van der Waals surface area contributed by atoms with Crippen molar-refractivity contribution in [2.75, 3.05) is 28.5 Å². The fourth-order valence-electron chi connectivity index (χ4n) is 6.78. The highest BCUT2D eigenvalue weighted by molar-refractivity contribution is 7.86. The number of likely N-dealkylation sites (tertiary alicyclic amines) is 1. The van der Waals surface area contributed by atoms with Crippen LogP contribution in [0.1, 0.15) is 64.1 Å². The van der Waals surface area contributed by atoms with E-state index < -0.39 is 70.7 Å². The van der Waals surface area contributed by atoms with Crippen molar-refractivity contribution in [1.82, 2.24) is 9.88 Å². The number of anilines is 3. The summed E-state index contributed by atoms with van der Waals surface area (Å²) in [4.78, 5) is 33.4. The van der Waals surface area contributed by atoms with E-state index in [9.17, 15) is 22.6 Å². The van der Waals surface area contributed by atoms with Gasteiger partial charge < -0.3 is 29.8 Å². The average Bonchev–Trinajstić information content (AvgIpc) is 3.75. The monoisotopic (exact) mass is 726 g/mol. The SMILES string of the molecule is CC(C)(C)OC(=O)Nc1ccc(NC2([C@H]3C[C@@H](F)CN3C(=O)C3(c4ccc(NS(=O)c5ccccc5)cc4)CCC(F)(F)CC3)CO2)nc1C=N. The number of ether oxygens (including phenoxy) is 2. The van der Waals surface area contributed by atoms with Gasteiger partial charge in [-0.15, -0.1) is 0 Å². The minimum atomic E-state index is -2.93. The van der Waals surface area contributed by atoms with Crippen LogP contribution in [-0.4, -0.2) is 74.9 Å². The van der Waals surface area contributed by atoms with E-state index in [1.165, 1.54) is 11.0 Å². The molecule has 2 unspecified atom stereocenters. The van der Waals surface area contributed by atoms with Crippen LogP contribution in [0.3, 0.4) is 0 Å². The highest BCUT2D eigenvalue weighted by Crippen LogP contribution is 2.49. The first kappa shape index (κ1) is 36.3. The number of nitrogens with one attached hydrogen (secondary N) is 4. The number of benzene rings is 2. The van der Waals surface area contributed by atoms with Crippen LogP contribution in [0, 0.1) is 5.41 Å². The van der Waals surface area contributed by atoms with Crippen LogP contribution in [-0.2, 0) is 30.7 Å². The molecule has 4 N–H and O–H groups in total. The van der Waals surface area contributed by atoms with Gasteiger partial charge >= 0.3 is 6.09 Å².